The Hall–Kier alpha value is -2.05. The molecule has 0 aromatic carbocycles. The van der Waals surface area contributed by atoms with Gasteiger partial charge in [0.15, 0.2) is 6.10 Å². The summed E-state index contributed by atoms with van der Waals surface area (Å²) < 4.78 is 10.3. The Balaban J connectivity index is 1.77. The second-order valence-corrected chi connectivity index (χ2v) is 8.60. The van der Waals surface area contributed by atoms with Crippen LogP contribution in [0.2, 0.25) is 0 Å². The third kappa shape index (κ3) is 5.71. The molecule has 0 aromatic heterocycles. The van der Waals surface area contributed by atoms with Crippen molar-refractivity contribution in [3.63, 3.8) is 0 Å². The van der Waals surface area contributed by atoms with Crippen LogP contribution in [0.25, 0.3) is 0 Å². The van der Waals surface area contributed by atoms with Crippen LogP contribution >= 0.6 is 0 Å². The minimum atomic E-state index is -0.677. The molecule has 7 heteroatoms. The van der Waals surface area contributed by atoms with Crippen LogP contribution < -0.4 is 10.6 Å². The summed E-state index contributed by atoms with van der Waals surface area (Å²) in [5.74, 6) is -0.473. The quantitative estimate of drug-likeness (QED) is 0.499. The van der Waals surface area contributed by atoms with Gasteiger partial charge >= 0.3 is 12.1 Å². The lowest BCUT2D eigenvalue weighted by Gasteiger charge is -2.37. The van der Waals surface area contributed by atoms with Gasteiger partial charge in [0, 0.05) is 6.04 Å². The topological polar surface area (TPSA) is 93.7 Å². The van der Waals surface area contributed by atoms with Crippen LogP contribution in [0.1, 0.15) is 53.9 Å². The van der Waals surface area contributed by atoms with Gasteiger partial charge in [-0.1, -0.05) is 26.3 Å². The van der Waals surface area contributed by atoms with Crippen LogP contribution in [-0.4, -0.2) is 41.8 Å². The number of nitrogens with one attached hydrogen (secondary N) is 2. The maximum Gasteiger partial charge on any atom is 0.408 e. The predicted molar refractivity (Wildman–Crippen MR) is 101 cm³/mol. The number of amides is 2. The van der Waals surface area contributed by atoms with Crippen LogP contribution in [0.3, 0.4) is 0 Å². The average Bonchev–Trinajstić information content (AvgIpc) is 3.26. The second kappa shape index (κ2) is 8.31. The van der Waals surface area contributed by atoms with Gasteiger partial charge in [-0.3, -0.25) is 9.59 Å². The minimum Gasteiger partial charge on any atom is -0.451 e. The molecular formula is C20H32N2O5. The first-order valence-corrected chi connectivity index (χ1v) is 9.68. The van der Waals surface area contributed by atoms with Crippen molar-refractivity contribution in [3.8, 4) is 0 Å². The molecule has 1 saturated heterocycles. The van der Waals surface area contributed by atoms with Crippen LogP contribution in [-0.2, 0) is 19.1 Å². The summed E-state index contributed by atoms with van der Waals surface area (Å²) >= 11 is 0. The standard InChI is InChI=1S/C20H32N2O5/c1-7-11(3)15-16(26-18(15)24)17(23)22-14-10-12(14)9-13(8-2)21-19(25)27-20(4,5)6/h8,11-16H,2,7,9-10H2,1,3-6H3,(H,21,25)(H,22,23)/t11-,12+,13+,14-,15-,16+/m0/s1. The van der Waals surface area contributed by atoms with E-state index in [-0.39, 0.29) is 41.7 Å². The largest absolute Gasteiger partial charge is 0.451 e. The zero-order chi connectivity index (χ0) is 20.4. The van der Waals surface area contributed by atoms with Crippen molar-refractivity contribution in [3.05, 3.63) is 12.7 Å². The molecule has 1 saturated carbocycles. The molecule has 27 heavy (non-hydrogen) atoms. The fourth-order valence-corrected chi connectivity index (χ4v) is 3.28. The van der Waals surface area contributed by atoms with E-state index in [9.17, 15) is 14.4 Å². The van der Waals surface area contributed by atoms with Gasteiger partial charge in [-0.25, -0.2) is 4.79 Å². The molecule has 152 valence electrons. The number of carbonyl (C=O) groups is 3. The van der Waals surface area contributed by atoms with E-state index in [1.807, 2.05) is 34.6 Å². The number of cyclic esters (lactones) is 1. The monoisotopic (exact) mass is 380 g/mol. The maximum atomic E-state index is 12.4. The molecule has 1 heterocycles. The number of hydrogen-bond donors (Lipinski definition) is 2. The number of ether oxygens (including phenoxy) is 2. The van der Waals surface area contributed by atoms with Gasteiger partial charge in [0.05, 0.1) is 6.04 Å². The van der Waals surface area contributed by atoms with Gasteiger partial charge in [-0.05, 0) is 45.4 Å². The lowest BCUT2D eigenvalue weighted by Crippen LogP contribution is -2.56. The predicted octanol–water partition coefficient (Wildman–Crippen LogP) is 2.55. The Bertz CT molecular complexity index is 598. The Morgan fingerprint density at radius 2 is 2.07 bits per heavy atom. The van der Waals surface area contributed by atoms with Gasteiger partial charge < -0.3 is 20.1 Å². The first-order chi connectivity index (χ1) is 12.6. The molecule has 2 fully saturated rings. The molecule has 2 rings (SSSR count). The molecule has 2 N–H and O–H groups in total. The SMILES string of the molecule is C=C[C@H](C[C@@H]1C[C@@H]1NC(=O)[C@@H]1OC(=O)[C@H]1[C@@H](C)CC)NC(=O)OC(C)(C)C. The Labute approximate surface area is 161 Å². The minimum absolute atomic E-state index is 0.0391. The molecule has 0 spiro atoms. The molecule has 0 aromatic rings. The highest BCUT2D eigenvalue weighted by atomic mass is 16.6. The van der Waals surface area contributed by atoms with E-state index in [4.69, 9.17) is 9.47 Å². The van der Waals surface area contributed by atoms with Crippen LogP contribution in [0.15, 0.2) is 12.7 Å². The number of hydrogen-bond acceptors (Lipinski definition) is 5. The van der Waals surface area contributed by atoms with Crippen molar-refractivity contribution in [1.82, 2.24) is 10.6 Å². The van der Waals surface area contributed by atoms with E-state index in [0.717, 1.165) is 12.8 Å². The Morgan fingerprint density at radius 3 is 2.59 bits per heavy atom. The lowest BCUT2D eigenvalue weighted by atomic mass is 9.83. The molecule has 1 aliphatic carbocycles. The zero-order valence-electron chi connectivity index (χ0n) is 16.9. The highest BCUT2D eigenvalue weighted by molar-refractivity contribution is 5.94. The summed E-state index contributed by atoms with van der Waals surface area (Å²) in [5.41, 5.74) is -0.557. The third-order valence-corrected chi connectivity index (χ3v) is 5.15. The molecule has 1 aliphatic heterocycles. The Kier molecular flexibility index (Phi) is 6.54. The van der Waals surface area contributed by atoms with Crippen LogP contribution in [0.4, 0.5) is 4.79 Å². The average molecular weight is 380 g/mol. The van der Waals surface area contributed by atoms with Gasteiger partial charge in [0.1, 0.15) is 11.5 Å². The van der Waals surface area contributed by atoms with Gasteiger partial charge in [0.2, 0.25) is 0 Å². The lowest BCUT2D eigenvalue weighted by molar-refractivity contribution is -0.193. The van der Waals surface area contributed by atoms with Crippen molar-refractivity contribution in [2.75, 3.05) is 0 Å². The molecule has 0 bridgehead atoms. The third-order valence-electron chi connectivity index (χ3n) is 5.15. The van der Waals surface area contributed by atoms with Crippen LogP contribution in [0.5, 0.6) is 0 Å². The highest BCUT2D eigenvalue weighted by Crippen LogP contribution is 2.37. The fraction of sp³-hybridized carbons (Fsp3) is 0.750. The van der Waals surface area contributed by atoms with E-state index in [2.05, 4.69) is 17.2 Å². The van der Waals surface area contributed by atoms with E-state index >= 15 is 0 Å². The molecule has 2 aliphatic rings. The normalized spacial score (nSPS) is 28.9. The van der Waals surface area contributed by atoms with Gasteiger partial charge in [-0.15, -0.1) is 6.58 Å². The number of rotatable bonds is 8. The number of alkyl carbamates (subject to hydrolysis) is 1. The first kappa shape index (κ1) is 21.3. The molecule has 0 radical (unpaired) electrons. The van der Waals surface area contributed by atoms with Crippen LogP contribution in [0, 0.1) is 17.8 Å². The number of carbonyl (C=O) groups excluding carboxylic acids is 3. The van der Waals surface area contributed by atoms with Gasteiger partial charge in [0.25, 0.3) is 5.91 Å². The van der Waals surface area contributed by atoms with E-state index < -0.39 is 17.8 Å². The molecule has 6 atom stereocenters. The second-order valence-electron chi connectivity index (χ2n) is 8.60. The van der Waals surface area contributed by atoms with E-state index in [0.29, 0.717) is 6.42 Å². The summed E-state index contributed by atoms with van der Waals surface area (Å²) in [6.45, 7) is 13.1. The summed E-state index contributed by atoms with van der Waals surface area (Å²) in [6, 6.07) is -0.182. The fourth-order valence-electron chi connectivity index (χ4n) is 3.28. The smallest absolute Gasteiger partial charge is 0.408 e. The first-order valence-electron chi connectivity index (χ1n) is 9.68. The Morgan fingerprint density at radius 1 is 1.41 bits per heavy atom. The van der Waals surface area contributed by atoms with Gasteiger partial charge in [-0.2, -0.15) is 0 Å². The molecular weight excluding hydrogens is 348 g/mol. The summed E-state index contributed by atoms with van der Waals surface area (Å²) in [5, 5.41) is 5.75. The number of esters is 1. The summed E-state index contributed by atoms with van der Waals surface area (Å²) in [6.07, 6.45) is 2.85. The van der Waals surface area contributed by atoms with Crippen molar-refractivity contribution in [2.24, 2.45) is 17.8 Å². The molecule has 7 nitrogen and oxygen atoms in total. The van der Waals surface area contributed by atoms with Crippen molar-refractivity contribution >= 4 is 18.0 Å². The molecule has 0 unspecified atom stereocenters. The van der Waals surface area contributed by atoms with E-state index in [1.54, 1.807) is 6.08 Å². The maximum absolute atomic E-state index is 12.4. The van der Waals surface area contributed by atoms with E-state index in [1.165, 1.54) is 0 Å². The van der Waals surface area contributed by atoms with Crippen molar-refractivity contribution in [1.29, 1.82) is 0 Å². The zero-order valence-corrected chi connectivity index (χ0v) is 16.9. The highest BCUT2D eigenvalue weighted by Gasteiger charge is 2.51. The summed E-state index contributed by atoms with van der Waals surface area (Å²) in [7, 11) is 0. The van der Waals surface area contributed by atoms with Crippen molar-refractivity contribution in [2.45, 2.75) is 77.7 Å². The van der Waals surface area contributed by atoms with Crippen molar-refractivity contribution < 1.29 is 23.9 Å². The summed E-state index contributed by atoms with van der Waals surface area (Å²) in [4.78, 5) is 35.9. The molecule has 2 amide bonds.